The van der Waals surface area contributed by atoms with E-state index in [1.54, 1.807) is 18.7 Å². The molecular formula is C12H15ClN2O4. The number of benzene rings is 1. The number of carbonyl (C=O) groups excluding carboxylic acids is 1. The van der Waals surface area contributed by atoms with Crippen LogP contribution >= 0.6 is 11.6 Å². The Balaban J connectivity index is 3.06. The summed E-state index contributed by atoms with van der Waals surface area (Å²) in [4.78, 5) is 23.5. The van der Waals surface area contributed by atoms with E-state index in [1.165, 1.54) is 18.2 Å². The Kier molecular flexibility index (Phi) is 5.57. The first kappa shape index (κ1) is 15.2. The molecule has 0 radical (unpaired) electrons. The second kappa shape index (κ2) is 6.94. The lowest BCUT2D eigenvalue weighted by Crippen LogP contribution is -2.31. The van der Waals surface area contributed by atoms with Gasteiger partial charge in [0.25, 0.3) is 5.69 Å². The fourth-order valence-electron chi connectivity index (χ4n) is 1.63. The molecule has 1 rings (SSSR count). The molecule has 1 aromatic rings. The van der Waals surface area contributed by atoms with Crippen LogP contribution in [0.15, 0.2) is 18.2 Å². The molecule has 0 aliphatic heterocycles. The van der Waals surface area contributed by atoms with Crippen LogP contribution in [0.2, 0.25) is 5.02 Å². The molecule has 0 aliphatic carbocycles. The zero-order chi connectivity index (χ0) is 14.4. The maximum absolute atomic E-state index is 11.5. The zero-order valence-electron chi connectivity index (χ0n) is 10.8. The minimum Gasteiger partial charge on any atom is -0.465 e. The van der Waals surface area contributed by atoms with Crippen molar-refractivity contribution in [2.45, 2.75) is 13.8 Å². The van der Waals surface area contributed by atoms with Crippen molar-refractivity contribution >= 4 is 28.9 Å². The summed E-state index contributed by atoms with van der Waals surface area (Å²) in [6.07, 6.45) is 0. The summed E-state index contributed by atoms with van der Waals surface area (Å²) >= 11 is 5.85. The van der Waals surface area contributed by atoms with Gasteiger partial charge in [0.05, 0.1) is 11.5 Å². The number of hydrogen-bond acceptors (Lipinski definition) is 5. The number of esters is 1. The van der Waals surface area contributed by atoms with E-state index in [0.29, 0.717) is 17.3 Å². The highest BCUT2D eigenvalue weighted by Crippen LogP contribution is 2.30. The third-order valence-electron chi connectivity index (χ3n) is 2.48. The average Bonchev–Trinajstić information content (AvgIpc) is 2.35. The van der Waals surface area contributed by atoms with E-state index in [2.05, 4.69) is 0 Å². The van der Waals surface area contributed by atoms with Gasteiger partial charge in [-0.3, -0.25) is 14.9 Å². The summed E-state index contributed by atoms with van der Waals surface area (Å²) in [6, 6.07) is 4.25. The molecule has 0 aromatic heterocycles. The van der Waals surface area contributed by atoms with Gasteiger partial charge in [-0.25, -0.2) is 0 Å². The maximum atomic E-state index is 11.5. The van der Waals surface area contributed by atoms with Crippen molar-refractivity contribution in [2.24, 2.45) is 0 Å². The molecule has 0 spiro atoms. The first-order valence-corrected chi connectivity index (χ1v) is 6.21. The standard InChI is InChI=1S/C12H15ClN2O4/c1-3-14(8-12(16)19-4-2)11-7-9(13)5-6-10(11)15(17)18/h5-7H,3-4,8H2,1-2H3. The molecule has 0 fully saturated rings. The summed E-state index contributed by atoms with van der Waals surface area (Å²) in [7, 11) is 0. The Morgan fingerprint density at radius 3 is 2.68 bits per heavy atom. The Morgan fingerprint density at radius 1 is 1.47 bits per heavy atom. The number of halogens is 1. The number of carbonyl (C=O) groups is 1. The first-order chi connectivity index (χ1) is 8.99. The summed E-state index contributed by atoms with van der Waals surface area (Å²) in [5.41, 5.74) is 0.226. The molecule has 0 saturated heterocycles. The molecule has 1 aromatic carbocycles. The largest absolute Gasteiger partial charge is 0.465 e. The van der Waals surface area contributed by atoms with Crippen molar-refractivity contribution in [2.75, 3.05) is 24.6 Å². The van der Waals surface area contributed by atoms with E-state index in [0.717, 1.165) is 0 Å². The lowest BCUT2D eigenvalue weighted by Gasteiger charge is -2.21. The molecule has 0 N–H and O–H groups in total. The average molecular weight is 287 g/mol. The predicted octanol–water partition coefficient (Wildman–Crippen LogP) is 2.64. The normalized spacial score (nSPS) is 10.1. The van der Waals surface area contributed by atoms with Gasteiger partial charge in [0.15, 0.2) is 0 Å². The van der Waals surface area contributed by atoms with Crippen LogP contribution in [0.4, 0.5) is 11.4 Å². The van der Waals surface area contributed by atoms with E-state index in [1.807, 2.05) is 0 Å². The molecule has 0 atom stereocenters. The number of rotatable bonds is 6. The highest BCUT2D eigenvalue weighted by atomic mass is 35.5. The summed E-state index contributed by atoms with van der Waals surface area (Å²) < 4.78 is 4.84. The topological polar surface area (TPSA) is 72.7 Å². The van der Waals surface area contributed by atoms with E-state index >= 15 is 0 Å². The minimum absolute atomic E-state index is 0.0501. The number of nitrogens with zero attached hydrogens (tertiary/aromatic N) is 2. The molecule has 7 heteroatoms. The van der Waals surface area contributed by atoms with Crippen molar-refractivity contribution < 1.29 is 14.5 Å². The van der Waals surface area contributed by atoms with Gasteiger partial charge in [0, 0.05) is 17.6 Å². The van der Waals surface area contributed by atoms with E-state index < -0.39 is 10.9 Å². The van der Waals surface area contributed by atoms with Crippen molar-refractivity contribution in [3.63, 3.8) is 0 Å². The molecule has 0 heterocycles. The van der Waals surface area contributed by atoms with Crippen molar-refractivity contribution in [1.29, 1.82) is 0 Å². The number of ether oxygens (including phenoxy) is 1. The van der Waals surface area contributed by atoms with Gasteiger partial charge in [0.2, 0.25) is 0 Å². The molecule has 104 valence electrons. The van der Waals surface area contributed by atoms with Gasteiger partial charge < -0.3 is 9.64 Å². The van der Waals surface area contributed by atoms with Crippen molar-refractivity contribution in [3.05, 3.63) is 33.3 Å². The summed E-state index contributed by atoms with van der Waals surface area (Å²) in [5.74, 6) is -0.432. The number of nitro groups is 1. The van der Waals surface area contributed by atoms with Gasteiger partial charge in [-0.1, -0.05) is 11.6 Å². The molecule has 0 bridgehead atoms. The van der Waals surface area contributed by atoms with Crippen LogP contribution in [-0.4, -0.2) is 30.6 Å². The lowest BCUT2D eigenvalue weighted by atomic mass is 10.2. The number of hydrogen-bond donors (Lipinski definition) is 0. The van der Waals surface area contributed by atoms with E-state index in [9.17, 15) is 14.9 Å². The number of nitro benzene ring substituents is 1. The predicted molar refractivity (Wildman–Crippen MR) is 72.6 cm³/mol. The fraction of sp³-hybridized carbons (Fsp3) is 0.417. The third kappa shape index (κ3) is 4.10. The van der Waals surface area contributed by atoms with Crippen LogP contribution in [0.1, 0.15) is 13.8 Å². The van der Waals surface area contributed by atoms with Crippen molar-refractivity contribution in [3.8, 4) is 0 Å². The van der Waals surface area contributed by atoms with Gasteiger partial charge in [0.1, 0.15) is 12.2 Å². The highest BCUT2D eigenvalue weighted by molar-refractivity contribution is 6.31. The molecule has 19 heavy (non-hydrogen) atoms. The van der Waals surface area contributed by atoms with Crippen LogP contribution in [0, 0.1) is 10.1 Å². The van der Waals surface area contributed by atoms with Crippen LogP contribution in [0.25, 0.3) is 0 Å². The van der Waals surface area contributed by atoms with Gasteiger partial charge in [-0.2, -0.15) is 0 Å². The van der Waals surface area contributed by atoms with Crippen LogP contribution in [0.3, 0.4) is 0 Å². The van der Waals surface area contributed by atoms with Crippen LogP contribution < -0.4 is 4.90 Å². The Hall–Kier alpha value is -1.82. The summed E-state index contributed by atoms with van der Waals surface area (Å²) in [5, 5.41) is 11.4. The third-order valence-corrected chi connectivity index (χ3v) is 2.72. The lowest BCUT2D eigenvalue weighted by molar-refractivity contribution is -0.384. The number of likely N-dealkylation sites (N-methyl/N-ethyl adjacent to an activating group) is 1. The second-order valence-corrected chi connectivity index (χ2v) is 4.15. The van der Waals surface area contributed by atoms with Gasteiger partial charge in [-0.15, -0.1) is 0 Å². The minimum atomic E-state index is -0.501. The van der Waals surface area contributed by atoms with Crippen LogP contribution in [-0.2, 0) is 9.53 Å². The highest BCUT2D eigenvalue weighted by Gasteiger charge is 2.21. The smallest absolute Gasteiger partial charge is 0.325 e. The summed E-state index contributed by atoms with van der Waals surface area (Å²) in [6.45, 7) is 4.15. The van der Waals surface area contributed by atoms with E-state index in [4.69, 9.17) is 16.3 Å². The Labute approximate surface area is 116 Å². The SMILES string of the molecule is CCOC(=O)CN(CC)c1cc(Cl)ccc1[N+](=O)[O-]. The van der Waals surface area contributed by atoms with E-state index in [-0.39, 0.29) is 18.8 Å². The number of anilines is 1. The Bertz CT molecular complexity index is 479. The molecule has 0 aliphatic rings. The zero-order valence-corrected chi connectivity index (χ0v) is 11.5. The molecular weight excluding hydrogens is 272 g/mol. The quantitative estimate of drug-likeness (QED) is 0.457. The van der Waals surface area contributed by atoms with Crippen LogP contribution in [0.5, 0.6) is 0 Å². The molecule has 6 nitrogen and oxygen atoms in total. The Morgan fingerprint density at radius 2 is 2.16 bits per heavy atom. The van der Waals surface area contributed by atoms with Gasteiger partial charge >= 0.3 is 5.97 Å². The van der Waals surface area contributed by atoms with Crippen molar-refractivity contribution in [1.82, 2.24) is 0 Å². The molecule has 0 unspecified atom stereocenters. The maximum Gasteiger partial charge on any atom is 0.325 e. The molecule has 0 saturated carbocycles. The fourth-order valence-corrected chi connectivity index (χ4v) is 1.80. The van der Waals surface area contributed by atoms with Gasteiger partial charge in [-0.05, 0) is 26.0 Å². The first-order valence-electron chi connectivity index (χ1n) is 5.84. The second-order valence-electron chi connectivity index (χ2n) is 3.71. The molecule has 0 amide bonds. The monoisotopic (exact) mass is 286 g/mol.